The van der Waals surface area contributed by atoms with Gasteiger partial charge in [0, 0.05) is 13.2 Å². The number of hydrogen-bond donors (Lipinski definition) is 2. The lowest BCUT2D eigenvalue weighted by atomic mass is 10.1. The molecule has 1 saturated heterocycles. The van der Waals surface area contributed by atoms with Gasteiger partial charge in [-0.05, 0) is 37.9 Å². The highest BCUT2D eigenvalue weighted by Crippen LogP contribution is 2.15. The van der Waals surface area contributed by atoms with Crippen LogP contribution in [0.4, 0.5) is 0 Å². The average molecular weight is 302 g/mol. The third-order valence-electron chi connectivity index (χ3n) is 3.23. The second kappa shape index (κ2) is 7.21. The van der Waals surface area contributed by atoms with E-state index in [4.69, 9.17) is 9.15 Å². The van der Waals surface area contributed by atoms with Crippen molar-refractivity contribution in [3.63, 3.8) is 0 Å². The Balaban J connectivity index is 1.90. The Kier molecular flexibility index (Phi) is 5.59. The van der Waals surface area contributed by atoms with Gasteiger partial charge in [-0.1, -0.05) is 6.92 Å². The number of rotatable bonds is 7. The van der Waals surface area contributed by atoms with Gasteiger partial charge in [-0.15, -0.1) is 0 Å². The highest BCUT2D eigenvalue weighted by Gasteiger charge is 2.21. The molecule has 7 heteroatoms. The highest BCUT2D eigenvalue weighted by atomic mass is 32.2. The molecule has 0 spiro atoms. The molecule has 2 N–H and O–H groups in total. The van der Waals surface area contributed by atoms with Crippen molar-refractivity contribution in [3.8, 4) is 0 Å². The molecule has 2 heterocycles. The van der Waals surface area contributed by atoms with Crippen molar-refractivity contribution in [2.24, 2.45) is 0 Å². The van der Waals surface area contributed by atoms with E-state index >= 15 is 0 Å². The molecule has 0 saturated carbocycles. The van der Waals surface area contributed by atoms with Crippen LogP contribution in [-0.4, -0.2) is 34.2 Å². The van der Waals surface area contributed by atoms with E-state index in [-0.39, 0.29) is 11.2 Å². The van der Waals surface area contributed by atoms with Crippen LogP contribution in [0.1, 0.15) is 31.9 Å². The van der Waals surface area contributed by atoms with Crippen LogP contribution in [-0.2, 0) is 21.3 Å². The van der Waals surface area contributed by atoms with Crippen molar-refractivity contribution in [1.82, 2.24) is 10.0 Å². The average Bonchev–Trinajstić information content (AvgIpc) is 2.94. The van der Waals surface area contributed by atoms with Gasteiger partial charge >= 0.3 is 0 Å². The Morgan fingerprint density at radius 1 is 1.35 bits per heavy atom. The number of sulfonamides is 1. The molecule has 114 valence electrons. The van der Waals surface area contributed by atoms with Gasteiger partial charge in [0.2, 0.25) is 5.09 Å². The topological polar surface area (TPSA) is 80.6 Å². The van der Waals surface area contributed by atoms with Crippen LogP contribution in [0.3, 0.4) is 0 Å². The molecule has 1 aliphatic heterocycles. The van der Waals surface area contributed by atoms with Crippen molar-refractivity contribution in [2.45, 2.75) is 43.9 Å². The third-order valence-corrected chi connectivity index (χ3v) is 4.52. The molecule has 0 amide bonds. The zero-order valence-electron chi connectivity index (χ0n) is 11.7. The number of nitrogens with one attached hydrogen (secondary N) is 2. The maximum absolute atomic E-state index is 12.1. The lowest BCUT2D eigenvalue weighted by Crippen LogP contribution is -2.35. The van der Waals surface area contributed by atoms with E-state index in [0.29, 0.717) is 25.5 Å². The first-order valence-electron chi connectivity index (χ1n) is 7.02. The fraction of sp³-hybridized carbons (Fsp3) is 0.692. The minimum Gasteiger partial charge on any atom is -0.447 e. The summed E-state index contributed by atoms with van der Waals surface area (Å²) in [5, 5.41) is 3.04. The van der Waals surface area contributed by atoms with Gasteiger partial charge in [0.15, 0.2) is 0 Å². The lowest BCUT2D eigenvalue weighted by molar-refractivity contribution is 0.0200. The second-order valence-electron chi connectivity index (χ2n) is 4.84. The fourth-order valence-corrected chi connectivity index (χ4v) is 3.10. The van der Waals surface area contributed by atoms with Crippen LogP contribution in [0.25, 0.3) is 0 Å². The molecule has 20 heavy (non-hydrogen) atoms. The standard InChI is InChI=1S/C13H22N2O4S/c1-2-14-9-12-6-7-13(19-12)20(16,17)15-10-11-5-3-4-8-18-11/h6-7,11,14-15H,2-5,8-10H2,1H3. The zero-order valence-corrected chi connectivity index (χ0v) is 12.5. The minimum atomic E-state index is -3.59. The van der Waals surface area contributed by atoms with Gasteiger partial charge in [-0.3, -0.25) is 0 Å². The molecule has 1 fully saturated rings. The molecular weight excluding hydrogens is 280 g/mol. The van der Waals surface area contributed by atoms with E-state index in [1.165, 1.54) is 6.07 Å². The van der Waals surface area contributed by atoms with Gasteiger partial charge in [0.1, 0.15) is 5.76 Å². The highest BCUT2D eigenvalue weighted by molar-refractivity contribution is 7.89. The Labute approximate surface area is 119 Å². The van der Waals surface area contributed by atoms with Crippen LogP contribution in [0.5, 0.6) is 0 Å². The quantitative estimate of drug-likeness (QED) is 0.792. The third kappa shape index (κ3) is 4.31. The zero-order chi connectivity index (χ0) is 14.4. The molecular formula is C13H22N2O4S. The van der Waals surface area contributed by atoms with Crippen LogP contribution in [0.2, 0.25) is 0 Å². The molecule has 1 aliphatic rings. The van der Waals surface area contributed by atoms with Crippen molar-refractivity contribution < 1.29 is 17.6 Å². The van der Waals surface area contributed by atoms with Crippen LogP contribution >= 0.6 is 0 Å². The van der Waals surface area contributed by atoms with Gasteiger partial charge < -0.3 is 14.5 Å². The summed E-state index contributed by atoms with van der Waals surface area (Å²) in [4.78, 5) is 0. The Morgan fingerprint density at radius 3 is 2.90 bits per heavy atom. The van der Waals surface area contributed by atoms with Crippen molar-refractivity contribution in [1.29, 1.82) is 0 Å². The maximum Gasteiger partial charge on any atom is 0.274 e. The van der Waals surface area contributed by atoms with E-state index in [9.17, 15) is 8.42 Å². The first-order chi connectivity index (χ1) is 9.62. The van der Waals surface area contributed by atoms with Gasteiger partial charge in [-0.25, -0.2) is 13.1 Å². The molecule has 1 aromatic heterocycles. The number of ether oxygens (including phenoxy) is 1. The Morgan fingerprint density at radius 2 is 2.20 bits per heavy atom. The van der Waals surface area contributed by atoms with Crippen LogP contribution < -0.4 is 10.0 Å². The summed E-state index contributed by atoms with van der Waals surface area (Å²) < 4.78 is 37.5. The largest absolute Gasteiger partial charge is 0.447 e. The smallest absolute Gasteiger partial charge is 0.274 e. The summed E-state index contributed by atoms with van der Waals surface area (Å²) in [6.07, 6.45) is 3.00. The molecule has 1 unspecified atom stereocenters. The van der Waals surface area contributed by atoms with Crippen molar-refractivity contribution >= 4 is 10.0 Å². The Hall–Kier alpha value is -0.890. The summed E-state index contributed by atoms with van der Waals surface area (Å²) in [6.45, 7) is 4.32. The lowest BCUT2D eigenvalue weighted by Gasteiger charge is -2.22. The normalized spacial score (nSPS) is 20.1. The van der Waals surface area contributed by atoms with Gasteiger partial charge in [0.25, 0.3) is 10.0 Å². The minimum absolute atomic E-state index is 0.0327. The van der Waals surface area contributed by atoms with Gasteiger partial charge in [-0.2, -0.15) is 0 Å². The fourth-order valence-electron chi connectivity index (χ4n) is 2.09. The second-order valence-corrected chi connectivity index (χ2v) is 6.54. The first kappa shape index (κ1) is 15.5. The van der Waals surface area contributed by atoms with E-state index in [1.54, 1.807) is 6.07 Å². The Bertz CT molecular complexity index is 506. The van der Waals surface area contributed by atoms with E-state index < -0.39 is 10.0 Å². The van der Waals surface area contributed by atoms with E-state index in [1.807, 2.05) is 6.92 Å². The van der Waals surface area contributed by atoms with E-state index in [2.05, 4.69) is 10.0 Å². The predicted molar refractivity (Wildman–Crippen MR) is 74.9 cm³/mol. The summed E-state index contributed by atoms with van der Waals surface area (Å²) in [5.74, 6) is 0.612. The number of hydrogen-bond acceptors (Lipinski definition) is 5. The summed E-state index contributed by atoms with van der Waals surface area (Å²) in [7, 11) is -3.59. The SMILES string of the molecule is CCNCc1ccc(S(=O)(=O)NCC2CCCCO2)o1. The predicted octanol–water partition coefficient (Wildman–Crippen LogP) is 1.24. The molecule has 1 atom stereocenters. The summed E-state index contributed by atoms with van der Waals surface area (Å²) in [6, 6.07) is 3.16. The molecule has 6 nitrogen and oxygen atoms in total. The van der Waals surface area contributed by atoms with Gasteiger partial charge in [0.05, 0.1) is 12.6 Å². The molecule has 0 aliphatic carbocycles. The molecule has 2 rings (SSSR count). The molecule has 0 radical (unpaired) electrons. The van der Waals surface area contributed by atoms with Crippen LogP contribution in [0, 0.1) is 0 Å². The van der Waals surface area contributed by atoms with E-state index in [0.717, 1.165) is 25.8 Å². The molecule has 0 aromatic carbocycles. The monoisotopic (exact) mass is 302 g/mol. The van der Waals surface area contributed by atoms with Crippen molar-refractivity contribution in [2.75, 3.05) is 19.7 Å². The van der Waals surface area contributed by atoms with Crippen LogP contribution in [0.15, 0.2) is 21.6 Å². The first-order valence-corrected chi connectivity index (χ1v) is 8.51. The number of furan rings is 1. The summed E-state index contributed by atoms with van der Waals surface area (Å²) >= 11 is 0. The van der Waals surface area contributed by atoms with Crippen molar-refractivity contribution in [3.05, 3.63) is 17.9 Å². The summed E-state index contributed by atoms with van der Waals surface area (Å²) in [5.41, 5.74) is 0. The molecule has 1 aromatic rings. The molecule has 0 bridgehead atoms. The maximum atomic E-state index is 12.1.